The highest BCUT2D eigenvalue weighted by atomic mass is 35.7. The maximum absolute atomic E-state index is 11.7. The summed E-state index contributed by atoms with van der Waals surface area (Å²) in [5.74, 6) is -0.266. The molecule has 0 aliphatic rings. The Labute approximate surface area is 132 Å². The van der Waals surface area contributed by atoms with Gasteiger partial charge in [-0.1, -0.05) is 30.3 Å². The second-order valence-electron chi connectivity index (χ2n) is 4.09. The molecule has 0 radical (unpaired) electrons. The smallest absolute Gasteiger partial charge is 0.379 e. The molecule has 0 aliphatic carbocycles. The van der Waals surface area contributed by atoms with E-state index in [1.165, 1.54) is 11.8 Å². The average Bonchev–Trinajstić information content (AvgIpc) is 2.41. The van der Waals surface area contributed by atoms with E-state index in [4.69, 9.17) is 21.0 Å². The molecule has 0 aromatic heterocycles. The Morgan fingerprint density at radius 3 is 2.71 bits per heavy atom. The summed E-state index contributed by atoms with van der Waals surface area (Å²) in [6.07, 6.45) is 2.26. The van der Waals surface area contributed by atoms with Gasteiger partial charge in [0.1, 0.15) is 6.04 Å². The fourth-order valence-electron chi connectivity index (χ4n) is 1.44. The summed E-state index contributed by atoms with van der Waals surface area (Å²) < 4.78 is 15.2. The van der Waals surface area contributed by atoms with Crippen molar-refractivity contribution >= 4 is 35.9 Å². The molecular formula is C12H17ClNO5PS. The van der Waals surface area contributed by atoms with Crippen LogP contribution in [-0.4, -0.2) is 28.9 Å². The van der Waals surface area contributed by atoms with Crippen LogP contribution in [0.15, 0.2) is 30.3 Å². The topological polar surface area (TPSA) is 84.9 Å². The van der Waals surface area contributed by atoms with E-state index in [9.17, 15) is 9.36 Å². The summed E-state index contributed by atoms with van der Waals surface area (Å²) in [5.41, 5.74) is 3.47. The molecule has 9 heteroatoms. The molecule has 0 fully saturated rings. The van der Waals surface area contributed by atoms with Gasteiger partial charge in [-0.2, -0.15) is 17.2 Å². The number of hydrogen-bond donors (Lipinski definition) is 2. The SMILES string of the molecule is CSCC[C@H](NOCc1ccccc1)C(=O)OP(=O)(O)Cl. The molecule has 1 aromatic carbocycles. The Balaban J connectivity index is 2.49. The lowest BCUT2D eigenvalue weighted by atomic mass is 10.2. The number of hydroxylamine groups is 1. The standard InChI is InChI=1S/C12H17ClNO5PS/c1-21-8-7-11(12(15)19-20(13,16)17)14-18-9-10-5-3-2-4-6-10/h2-6,11,14H,7-9H2,1H3,(H,16,17)/t11-/m0/s1. The lowest BCUT2D eigenvalue weighted by Gasteiger charge is -2.17. The van der Waals surface area contributed by atoms with E-state index in [1.54, 1.807) is 0 Å². The highest BCUT2D eigenvalue weighted by Crippen LogP contribution is 2.47. The molecule has 1 unspecified atom stereocenters. The number of carbonyl (C=O) groups excluding carboxylic acids is 1. The third-order valence-electron chi connectivity index (χ3n) is 2.40. The van der Waals surface area contributed by atoms with Gasteiger partial charge in [-0.25, -0.2) is 9.36 Å². The van der Waals surface area contributed by atoms with Crippen molar-refractivity contribution in [2.75, 3.05) is 12.0 Å². The van der Waals surface area contributed by atoms with Crippen LogP contribution in [-0.2, 0) is 25.3 Å². The van der Waals surface area contributed by atoms with Crippen molar-refractivity contribution < 1.29 is 23.6 Å². The van der Waals surface area contributed by atoms with Crippen LogP contribution >= 0.6 is 30.0 Å². The minimum Gasteiger partial charge on any atom is -0.379 e. The van der Waals surface area contributed by atoms with E-state index >= 15 is 0 Å². The number of nitrogens with one attached hydrogen (secondary N) is 1. The van der Waals surface area contributed by atoms with Crippen molar-refractivity contribution in [3.8, 4) is 0 Å². The van der Waals surface area contributed by atoms with Crippen molar-refractivity contribution in [2.24, 2.45) is 0 Å². The Morgan fingerprint density at radius 2 is 2.14 bits per heavy atom. The quantitative estimate of drug-likeness (QED) is 0.521. The van der Waals surface area contributed by atoms with Gasteiger partial charge in [0.25, 0.3) is 0 Å². The molecule has 0 heterocycles. The van der Waals surface area contributed by atoms with E-state index in [0.29, 0.717) is 12.2 Å². The summed E-state index contributed by atoms with van der Waals surface area (Å²) >= 11 is 6.56. The zero-order valence-electron chi connectivity index (χ0n) is 11.4. The van der Waals surface area contributed by atoms with Gasteiger partial charge in [0.05, 0.1) is 6.61 Å². The Morgan fingerprint density at radius 1 is 1.48 bits per heavy atom. The number of carbonyl (C=O) groups is 1. The van der Waals surface area contributed by atoms with Gasteiger partial charge in [0.15, 0.2) is 0 Å². The normalized spacial score (nSPS) is 15.2. The molecule has 6 nitrogen and oxygen atoms in total. The largest absolute Gasteiger partial charge is 0.476 e. The average molecular weight is 354 g/mol. The highest BCUT2D eigenvalue weighted by molar-refractivity contribution is 7.98. The van der Waals surface area contributed by atoms with Gasteiger partial charge in [0.2, 0.25) is 0 Å². The molecule has 0 saturated heterocycles. The van der Waals surface area contributed by atoms with Gasteiger partial charge in [-0.3, -0.25) is 4.84 Å². The minimum absolute atomic E-state index is 0.252. The van der Waals surface area contributed by atoms with Crippen molar-refractivity contribution in [3.05, 3.63) is 35.9 Å². The molecule has 1 aromatic rings. The van der Waals surface area contributed by atoms with Crippen LogP contribution in [0.1, 0.15) is 12.0 Å². The molecule has 118 valence electrons. The van der Waals surface area contributed by atoms with Gasteiger partial charge in [0, 0.05) is 11.2 Å². The molecule has 0 saturated carbocycles. The van der Waals surface area contributed by atoms with Crippen LogP contribution in [0.2, 0.25) is 0 Å². The maximum Gasteiger partial charge on any atom is 0.476 e. The number of thioether (sulfide) groups is 1. The van der Waals surface area contributed by atoms with Crippen molar-refractivity contribution in [3.63, 3.8) is 0 Å². The molecule has 21 heavy (non-hydrogen) atoms. The van der Waals surface area contributed by atoms with E-state index in [2.05, 4.69) is 10.0 Å². The highest BCUT2D eigenvalue weighted by Gasteiger charge is 2.27. The lowest BCUT2D eigenvalue weighted by Crippen LogP contribution is -2.38. The van der Waals surface area contributed by atoms with Crippen molar-refractivity contribution in [1.82, 2.24) is 5.48 Å². The third-order valence-corrected chi connectivity index (χ3v) is 3.66. The fraction of sp³-hybridized carbons (Fsp3) is 0.417. The summed E-state index contributed by atoms with van der Waals surface area (Å²) in [4.78, 5) is 25.8. The maximum atomic E-state index is 11.7. The van der Waals surface area contributed by atoms with E-state index < -0.39 is 19.0 Å². The summed E-state index contributed by atoms with van der Waals surface area (Å²) in [6.45, 7) is -4.13. The summed E-state index contributed by atoms with van der Waals surface area (Å²) in [7, 11) is 0. The number of halogens is 1. The van der Waals surface area contributed by atoms with Crippen molar-refractivity contribution in [1.29, 1.82) is 0 Å². The fourth-order valence-corrected chi connectivity index (χ4v) is 2.46. The molecule has 0 amide bonds. The second-order valence-corrected chi connectivity index (χ2v) is 7.44. The first-order chi connectivity index (χ1) is 9.92. The summed E-state index contributed by atoms with van der Waals surface area (Å²) in [5, 5.41) is 0. The second kappa shape index (κ2) is 9.46. The molecule has 2 N–H and O–H groups in total. The van der Waals surface area contributed by atoms with Crippen LogP contribution in [0.4, 0.5) is 0 Å². The number of hydrogen-bond acceptors (Lipinski definition) is 6. The third kappa shape index (κ3) is 8.46. The van der Waals surface area contributed by atoms with Crippen LogP contribution in [0.5, 0.6) is 0 Å². The first kappa shape index (κ1) is 18.5. The monoisotopic (exact) mass is 353 g/mol. The molecule has 0 bridgehead atoms. The van der Waals surface area contributed by atoms with Crippen LogP contribution in [0, 0.1) is 0 Å². The molecule has 1 rings (SSSR count). The Kier molecular flexibility index (Phi) is 8.33. The zero-order chi connectivity index (χ0) is 15.7. The Bertz CT molecular complexity index is 484. The number of benzene rings is 1. The van der Waals surface area contributed by atoms with E-state index in [0.717, 1.165) is 5.56 Å². The van der Waals surface area contributed by atoms with Crippen LogP contribution in [0.3, 0.4) is 0 Å². The predicted molar refractivity (Wildman–Crippen MR) is 82.9 cm³/mol. The van der Waals surface area contributed by atoms with Crippen LogP contribution < -0.4 is 5.48 Å². The predicted octanol–water partition coefficient (Wildman–Crippen LogP) is 2.71. The first-order valence-electron chi connectivity index (χ1n) is 6.08. The van der Waals surface area contributed by atoms with E-state index in [-0.39, 0.29) is 6.61 Å². The van der Waals surface area contributed by atoms with Crippen molar-refractivity contribution in [2.45, 2.75) is 19.1 Å². The van der Waals surface area contributed by atoms with Gasteiger partial charge in [-0.05, 0) is 24.0 Å². The number of rotatable bonds is 9. The molecule has 0 spiro atoms. The molecule has 0 aliphatic heterocycles. The zero-order valence-corrected chi connectivity index (χ0v) is 13.9. The van der Waals surface area contributed by atoms with Gasteiger partial charge in [-0.15, -0.1) is 0 Å². The molecular weight excluding hydrogens is 337 g/mol. The van der Waals surface area contributed by atoms with Crippen LogP contribution in [0.25, 0.3) is 0 Å². The first-order valence-corrected chi connectivity index (χ1v) is 9.96. The minimum atomic E-state index is -4.38. The van der Waals surface area contributed by atoms with Gasteiger partial charge >= 0.3 is 12.9 Å². The summed E-state index contributed by atoms with van der Waals surface area (Å²) in [6, 6.07) is 8.51. The lowest BCUT2D eigenvalue weighted by molar-refractivity contribution is -0.142. The van der Waals surface area contributed by atoms with E-state index in [1.807, 2.05) is 36.6 Å². The van der Waals surface area contributed by atoms with Gasteiger partial charge < -0.3 is 9.42 Å². The molecule has 2 atom stereocenters. The Hall–Kier alpha value is -0.560.